The normalized spacial score (nSPS) is 13.2. The summed E-state index contributed by atoms with van der Waals surface area (Å²) in [4.78, 5) is 14.5. The Labute approximate surface area is 516 Å². The lowest BCUT2D eigenvalue weighted by molar-refractivity contribution is 0.487. The van der Waals surface area contributed by atoms with E-state index in [0.29, 0.717) is 0 Å². The molecule has 0 spiro atoms. The molecule has 88 heavy (non-hydrogen) atoms. The second-order valence-electron chi connectivity index (χ2n) is 22.8. The van der Waals surface area contributed by atoms with Gasteiger partial charge in [0.15, 0.2) is 0 Å². The molecule has 0 aliphatic carbocycles. The van der Waals surface area contributed by atoms with Gasteiger partial charge in [-0.1, -0.05) is 176 Å². The molecule has 0 N–H and O–H groups in total. The van der Waals surface area contributed by atoms with E-state index in [4.69, 9.17) is 9.47 Å². The van der Waals surface area contributed by atoms with Gasteiger partial charge in [0.25, 0.3) is 13.4 Å². The number of anilines is 15. The van der Waals surface area contributed by atoms with Crippen LogP contribution in [0.4, 0.5) is 85.3 Å². The average Bonchev–Trinajstić information content (AvgIpc) is 0.777. The molecule has 0 unspecified atom stereocenters. The van der Waals surface area contributed by atoms with E-state index >= 15 is 0 Å². The molecule has 412 valence electrons. The van der Waals surface area contributed by atoms with Gasteiger partial charge in [0.05, 0.1) is 22.7 Å². The van der Waals surface area contributed by atoms with Crippen LogP contribution in [0.3, 0.4) is 0 Å². The Bertz CT molecular complexity index is 4800. The first kappa shape index (κ1) is 50.3. The fraction of sp³-hybridized carbons (Fsp3) is 0. The molecule has 5 aliphatic heterocycles. The van der Waals surface area contributed by atoms with Crippen LogP contribution in [0, 0.1) is 0 Å². The van der Waals surface area contributed by atoms with Gasteiger partial charge in [-0.25, -0.2) is 0 Å². The summed E-state index contributed by atoms with van der Waals surface area (Å²) in [6, 6.07) is 112. The van der Waals surface area contributed by atoms with Crippen LogP contribution in [0.15, 0.2) is 319 Å². The van der Waals surface area contributed by atoms with Crippen molar-refractivity contribution in [3.8, 4) is 23.0 Å². The van der Waals surface area contributed by atoms with Gasteiger partial charge >= 0.3 is 0 Å². The third-order valence-electron chi connectivity index (χ3n) is 17.8. The zero-order chi connectivity index (χ0) is 57.8. The van der Waals surface area contributed by atoms with Gasteiger partial charge in [0.2, 0.25) is 0 Å². The number of hydrogen-bond acceptors (Lipinski definition) is 8. The summed E-state index contributed by atoms with van der Waals surface area (Å²) >= 11 is 1.83. The van der Waals surface area contributed by atoms with Crippen LogP contribution in [0.1, 0.15) is 0 Å². The third-order valence-corrected chi connectivity index (χ3v) is 18.9. The second kappa shape index (κ2) is 20.3. The largest absolute Gasteiger partial charge is 0.458 e. The van der Waals surface area contributed by atoms with Crippen molar-refractivity contribution >= 4 is 143 Å². The van der Waals surface area contributed by atoms with E-state index in [0.717, 1.165) is 130 Å². The van der Waals surface area contributed by atoms with Crippen LogP contribution in [-0.4, -0.2) is 13.4 Å². The molecule has 0 saturated heterocycles. The maximum atomic E-state index is 7.65. The SMILES string of the molecule is c1ccc(N(c2ccccc2)c2cc3c4c(c2)N(c2ccccc2)c2cc5c(cc2B4c2ccccc2O3)B2c3cc4c(cc3Oc3cc(N(c6ccccc6)c6ccccc6)cc(c32)N5c2ccccc2)N(c2ccccc2)c2ccccc2S4)cc1. The van der Waals surface area contributed by atoms with Crippen LogP contribution in [-0.2, 0) is 0 Å². The Kier molecular flexibility index (Phi) is 11.6. The van der Waals surface area contributed by atoms with E-state index in [-0.39, 0.29) is 13.4 Å². The Morgan fingerprint density at radius 3 is 1.14 bits per heavy atom. The van der Waals surface area contributed by atoms with Crippen molar-refractivity contribution in [3.05, 3.63) is 309 Å². The summed E-state index contributed by atoms with van der Waals surface area (Å²) in [6.07, 6.45) is 0. The highest BCUT2D eigenvalue weighted by molar-refractivity contribution is 7.99. The van der Waals surface area contributed by atoms with E-state index < -0.39 is 0 Å². The number of fused-ring (bicyclic) bond motifs is 10. The molecular formula is C78H51B2N5O2S. The van der Waals surface area contributed by atoms with Gasteiger partial charge in [0, 0.05) is 90.6 Å². The summed E-state index contributed by atoms with van der Waals surface area (Å²) in [5, 5.41) is 0. The molecule has 0 amide bonds. The molecule has 13 aromatic rings. The predicted molar refractivity (Wildman–Crippen MR) is 366 cm³/mol. The van der Waals surface area contributed by atoms with E-state index in [1.807, 2.05) is 11.8 Å². The minimum Gasteiger partial charge on any atom is -0.458 e. The van der Waals surface area contributed by atoms with Crippen molar-refractivity contribution in [2.45, 2.75) is 9.79 Å². The summed E-state index contributed by atoms with van der Waals surface area (Å²) in [5.41, 5.74) is 22.7. The number of ether oxygens (including phenoxy) is 2. The van der Waals surface area contributed by atoms with Crippen LogP contribution in [0.5, 0.6) is 23.0 Å². The lowest BCUT2D eigenvalue weighted by atomic mass is 9.31. The monoisotopic (exact) mass is 1140 g/mol. The molecule has 13 aromatic carbocycles. The fourth-order valence-electron chi connectivity index (χ4n) is 14.2. The number of para-hydroxylation sites is 9. The van der Waals surface area contributed by atoms with Crippen molar-refractivity contribution < 1.29 is 9.47 Å². The second-order valence-corrected chi connectivity index (χ2v) is 23.9. The van der Waals surface area contributed by atoms with Gasteiger partial charge in [-0.15, -0.1) is 0 Å². The van der Waals surface area contributed by atoms with Crippen molar-refractivity contribution in [1.29, 1.82) is 0 Å². The number of rotatable bonds is 9. The van der Waals surface area contributed by atoms with E-state index in [2.05, 4.69) is 334 Å². The number of benzene rings is 13. The van der Waals surface area contributed by atoms with Crippen LogP contribution < -0.4 is 66.8 Å². The maximum absolute atomic E-state index is 7.65. The molecule has 0 atom stereocenters. The smallest absolute Gasteiger partial charge is 0.256 e. The Balaban J connectivity index is 0.936. The van der Waals surface area contributed by atoms with E-state index in [1.165, 1.54) is 20.7 Å². The van der Waals surface area contributed by atoms with Crippen molar-refractivity contribution in [3.63, 3.8) is 0 Å². The van der Waals surface area contributed by atoms with Gasteiger partial charge in [-0.2, -0.15) is 0 Å². The molecule has 18 rings (SSSR count). The van der Waals surface area contributed by atoms with Crippen molar-refractivity contribution in [2.24, 2.45) is 0 Å². The predicted octanol–water partition coefficient (Wildman–Crippen LogP) is 17.4. The molecule has 0 bridgehead atoms. The summed E-state index contributed by atoms with van der Waals surface area (Å²) in [6.45, 7) is -0.453. The fourth-order valence-corrected chi connectivity index (χ4v) is 15.3. The van der Waals surface area contributed by atoms with Crippen LogP contribution in [0.25, 0.3) is 0 Å². The minimum atomic E-state index is -0.257. The number of hydrogen-bond donors (Lipinski definition) is 0. The first-order chi connectivity index (χ1) is 43.7. The third kappa shape index (κ3) is 7.96. The highest BCUT2D eigenvalue weighted by atomic mass is 32.2. The lowest BCUT2D eigenvalue weighted by Gasteiger charge is -2.45. The van der Waals surface area contributed by atoms with Crippen LogP contribution >= 0.6 is 11.8 Å². The van der Waals surface area contributed by atoms with Crippen LogP contribution in [0.2, 0.25) is 0 Å². The quantitative estimate of drug-likeness (QED) is 0.132. The van der Waals surface area contributed by atoms with Crippen molar-refractivity contribution in [1.82, 2.24) is 0 Å². The van der Waals surface area contributed by atoms with Gasteiger partial charge in [-0.3, -0.25) is 0 Å². The van der Waals surface area contributed by atoms with Gasteiger partial charge in [-0.05, 0) is 160 Å². The molecule has 0 aromatic heterocycles. The maximum Gasteiger partial charge on any atom is 0.256 e. The molecule has 7 nitrogen and oxygen atoms in total. The van der Waals surface area contributed by atoms with Gasteiger partial charge < -0.3 is 34.0 Å². The summed E-state index contributed by atoms with van der Waals surface area (Å²) in [5.74, 6) is 3.31. The van der Waals surface area contributed by atoms with E-state index in [1.54, 1.807) is 0 Å². The topological polar surface area (TPSA) is 34.7 Å². The zero-order valence-electron chi connectivity index (χ0n) is 47.6. The molecule has 10 heteroatoms. The highest BCUT2D eigenvalue weighted by Gasteiger charge is 2.48. The van der Waals surface area contributed by atoms with Crippen molar-refractivity contribution in [2.75, 3.05) is 24.5 Å². The van der Waals surface area contributed by atoms with E-state index in [9.17, 15) is 0 Å². The summed E-state index contributed by atoms with van der Waals surface area (Å²) in [7, 11) is 0. The first-order valence-corrected chi connectivity index (χ1v) is 30.8. The summed E-state index contributed by atoms with van der Waals surface area (Å²) < 4.78 is 14.9. The average molecular weight is 1140 g/mol. The standard InChI is InChI=1S/C78H51B2N5O2S/c1-8-26-52(27-9-1)81(53-28-10-2-11-29-53)59-44-69-77-73(46-59)86-71-42-24-22-40-61(71)79(77)62-48-63-67(50-66(62)84(69)57-36-18-6-19-37-57)85(58-38-20-7-21-39-58)70-45-60(82(54-30-12-3-13-31-54)55-32-14-4-15-33-55)47-74-78(70)80(63)64-49-76-68(51-72(64)87-74)83(56-34-16-5-17-35-56)65-41-23-25-43-75(65)88-76/h1-51H. The lowest BCUT2D eigenvalue weighted by Crippen LogP contribution is -2.63. The molecule has 5 heterocycles. The Morgan fingerprint density at radius 1 is 0.250 bits per heavy atom. The number of nitrogens with zero attached hydrogens (tertiary/aromatic N) is 5. The first-order valence-electron chi connectivity index (χ1n) is 30.0. The molecular weight excluding hydrogens is 1090 g/mol. The Morgan fingerprint density at radius 2 is 0.648 bits per heavy atom. The molecule has 0 saturated carbocycles. The minimum absolute atomic E-state index is 0.195. The highest BCUT2D eigenvalue weighted by Crippen LogP contribution is 2.55. The molecule has 5 aliphatic rings. The molecule has 0 fully saturated rings. The Hall–Kier alpha value is -11.1. The molecule has 0 radical (unpaired) electrons. The van der Waals surface area contributed by atoms with Gasteiger partial charge in [0.1, 0.15) is 23.0 Å². The zero-order valence-corrected chi connectivity index (χ0v) is 48.4.